The molecule has 0 atom stereocenters. The van der Waals surface area contributed by atoms with Crippen LogP contribution >= 0.6 is 0 Å². The lowest BCUT2D eigenvalue weighted by Crippen LogP contribution is -1.96. The molecule has 0 aliphatic heterocycles. The average molecular weight is 182 g/mol. The van der Waals surface area contributed by atoms with Crippen LogP contribution in [0.5, 0.6) is 0 Å². The standard InChI is InChI=1S/C9H9FO.C2H6/c1-6-3-4-9(10)8(5-6)7(2)11;1-2/h3-5H,1-2H3;1-2H3. The lowest BCUT2D eigenvalue weighted by Gasteiger charge is -1.98. The maximum Gasteiger partial charge on any atom is 0.162 e. The summed E-state index contributed by atoms with van der Waals surface area (Å²) in [6.45, 7) is 7.18. The zero-order chi connectivity index (χ0) is 10.4. The number of aryl methyl sites for hydroxylation is 1. The van der Waals surface area contributed by atoms with E-state index in [2.05, 4.69) is 0 Å². The van der Waals surface area contributed by atoms with E-state index in [0.29, 0.717) is 0 Å². The van der Waals surface area contributed by atoms with Crippen molar-refractivity contribution < 1.29 is 9.18 Å². The third-order valence-corrected chi connectivity index (χ3v) is 1.50. The van der Waals surface area contributed by atoms with Crippen molar-refractivity contribution in [2.45, 2.75) is 27.7 Å². The van der Waals surface area contributed by atoms with Crippen molar-refractivity contribution in [3.63, 3.8) is 0 Å². The van der Waals surface area contributed by atoms with Gasteiger partial charge in [-0.1, -0.05) is 25.5 Å². The molecular weight excluding hydrogens is 167 g/mol. The second-order valence-corrected chi connectivity index (χ2v) is 2.54. The second-order valence-electron chi connectivity index (χ2n) is 2.54. The summed E-state index contributed by atoms with van der Waals surface area (Å²) in [6, 6.07) is 4.51. The van der Waals surface area contributed by atoms with Crippen LogP contribution in [-0.2, 0) is 0 Å². The van der Waals surface area contributed by atoms with Crippen LogP contribution < -0.4 is 0 Å². The van der Waals surface area contributed by atoms with Gasteiger partial charge in [0.2, 0.25) is 0 Å². The molecule has 0 aromatic heterocycles. The van der Waals surface area contributed by atoms with Gasteiger partial charge in [0.1, 0.15) is 5.82 Å². The highest BCUT2D eigenvalue weighted by molar-refractivity contribution is 5.94. The molecule has 0 amide bonds. The summed E-state index contributed by atoms with van der Waals surface area (Å²) in [5, 5.41) is 0. The predicted octanol–water partition coefficient (Wildman–Crippen LogP) is 3.36. The van der Waals surface area contributed by atoms with E-state index < -0.39 is 5.82 Å². The Morgan fingerprint density at radius 2 is 1.85 bits per heavy atom. The van der Waals surface area contributed by atoms with E-state index in [9.17, 15) is 9.18 Å². The Balaban J connectivity index is 0.000000671. The Hall–Kier alpha value is -1.18. The Morgan fingerprint density at radius 1 is 1.31 bits per heavy atom. The molecule has 13 heavy (non-hydrogen) atoms. The maximum absolute atomic E-state index is 12.8. The molecule has 0 aliphatic rings. The first-order valence-corrected chi connectivity index (χ1v) is 4.38. The predicted molar refractivity (Wildman–Crippen MR) is 52.5 cm³/mol. The summed E-state index contributed by atoms with van der Waals surface area (Å²) >= 11 is 0. The third-order valence-electron chi connectivity index (χ3n) is 1.50. The molecule has 72 valence electrons. The van der Waals surface area contributed by atoms with Gasteiger partial charge in [-0.3, -0.25) is 4.79 Å². The maximum atomic E-state index is 12.8. The number of ketones is 1. The average Bonchev–Trinajstić information content (AvgIpc) is 2.12. The van der Waals surface area contributed by atoms with Crippen LogP contribution in [0.3, 0.4) is 0 Å². The van der Waals surface area contributed by atoms with Crippen LogP contribution in [0, 0.1) is 12.7 Å². The number of halogens is 1. The van der Waals surface area contributed by atoms with Crippen molar-refractivity contribution in [1.29, 1.82) is 0 Å². The van der Waals surface area contributed by atoms with Gasteiger partial charge in [0.05, 0.1) is 5.56 Å². The van der Waals surface area contributed by atoms with Crippen LogP contribution in [0.4, 0.5) is 4.39 Å². The number of rotatable bonds is 1. The van der Waals surface area contributed by atoms with Crippen LogP contribution in [-0.4, -0.2) is 5.78 Å². The number of carbonyl (C=O) groups is 1. The van der Waals surface area contributed by atoms with Gasteiger partial charge in [0.25, 0.3) is 0 Å². The molecule has 0 aliphatic carbocycles. The van der Waals surface area contributed by atoms with E-state index >= 15 is 0 Å². The molecule has 0 saturated carbocycles. The molecule has 1 aromatic rings. The lowest BCUT2D eigenvalue weighted by atomic mass is 10.1. The highest BCUT2D eigenvalue weighted by atomic mass is 19.1. The number of benzene rings is 1. The van der Waals surface area contributed by atoms with Gasteiger partial charge in [-0.15, -0.1) is 0 Å². The summed E-state index contributed by atoms with van der Waals surface area (Å²) in [7, 11) is 0. The van der Waals surface area contributed by atoms with E-state index in [1.807, 2.05) is 20.8 Å². The van der Waals surface area contributed by atoms with Crippen LogP contribution in [0.2, 0.25) is 0 Å². The van der Waals surface area contributed by atoms with Gasteiger partial charge in [0, 0.05) is 0 Å². The smallest absolute Gasteiger partial charge is 0.162 e. The van der Waals surface area contributed by atoms with Gasteiger partial charge >= 0.3 is 0 Å². The molecule has 0 bridgehead atoms. The molecule has 0 fully saturated rings. The molecule has 1 nitrogen and oxygen atoms in total. The molecule has 0 heterocycles. The lowest BCUT2D eigenvalue weighted by molar-refractivity contribution is 0.101. The first kappa shape index (κ1) is 11.8. The zero-order valence-electron chi connectivity index (χ0n) is 8.52. The highest BCUT2D eigenvalue weighted by Crippen LogP contribution is 2.09. The first-order valence-electron chi connectivity index (χ1n) is 4.38. The summed E-state index contributed by atoms with van der Waals surface area (Å²) in [6.07, 6.45) is 0. The van der Waals surface area contributed by atoms with E-state index in [4.69, 9.17) is 0 Å². The summed E-state index contributed by atoms with van der Waals surface area (Å²) in [5.74, 6) is -0.672. The molecular formula is C11H15FO. The fourth-order valence-electron chi connectivity index (χ4n) is 0.909. The molecule has 0 saturated heterocycles. The molecule has 0 radical (unpaired) electrons. The van der Waals surface area contributed by atoms with Crippen LogP contribution in [0.15, 0.2) is 18.2 Å². The van der Waals surface area contributed by atoms with Gasteiger partial charge in [-0.05, 0) is 26.0 Å². The van der Waals surface area contributed by atoms with Gasteiger partial charge in [-0.2, -0.15) is 0 Å². The van der Waals surface area contributed by atoms with Gasteiger partial charge in [0.15, 0.2) is 5.78 Å². The van der Waals surface area contributed by atoms with Gasteiger partial charge < -0.3 is 0 Å². The van der Waals surface area contributed by atoms with Crippen molar-refractivity contribution >= 4 is 5.78 Å². The molecule has 0 spiro atoms. The van der Waals surface area contributed by atoms with E-state index in [0.717, 1.165) is 5.56 Å². The van der Waals surface area contributed by atoms with Crippen molar-refractivity contribution in [3.8, 4) is 0 Å². The van der Waals surface area contributed by atoms with Crippen molar-refractivity contribution in [3.05, 3.63) is 35.1 Å². The monoisotopic (exact) mass is 182 g/mol. The molecule has 1 rings (SSSR count). The number of hydrogen-bond acceptors (Lipinski definition) is 1. The first-order chi connectivity index (χ1) is 6.11. The van der Waals surface area contributed by atoms with E-state index in [-0.39, 0.29) is 11.3 Å². The molecule has 2 heteroatoms. The SMILES string of the molecule is CC.CC(=O)c1cc(C)ccc1F. The van der Waals surface area contributed by atoms with Crippen LogP contribution in [0.25, 0.3) is 0 Å². The topological polar surface area (TPSA) is 17.1 Å². The largest absolute Gasteiger partial charge is 0.294 e. The molecule has 0 N–H and O–H groups in total. The Bertz CT molecular complexity index is 292. The minimum absolute atomic E-state index is 0.171. The summed E-state index contributed by atoms with van der Waals surface area (Å²) in [4.78, 5) is 10.8. The van der Waals surface area contributed by atoms with E-state index in [1.54, 1.807) is 12.1 Å². The molecule has 1 aromatic carbocycles. The fraction of sp³-hybridized carbons (Fsp3) is 0.364. The number of carbonyl (C=O) groups excluding carboxylic acids is 1. The minimum Gasteiger partial charge on any atom is -0.294 e. The Morgan fingerprint density at radius 3 is 2.23 bits per heavy atom. The van der Waals surface area contributed by atoms with Crippen LogP contribution in [0.1, 0.15) is 36.7 Å². The number of Topliss-reactive ketones (excluding diaryl/α,β-unsaturated/α-hetero) is 1. The second kappa shape index (κ2) is 5.46. The molecule has 0 unspecified atom stereocenters. The quantitative estimate of drug-likeness (QED) is 0.608. The zero-order valence-corrected chi connectivity index (χ0v) is 8.52. The minimum atomic E-state index is -0.442. The summed E-state index contributed by atoms with van der Waals surface area (Å²) < 4.78 is 12.8. The van der Waals surface area contributed by atoms with E-state index in [1.165, 1.54) is 13.0 Å². The normalized spacial score (nSPS) is 8.69. The third kappa shape index (κ3) is 3.36. The van der Waals surface area contributed by atoms with Gasteiger partial charge in [-0.25, -0.2) is 4.39 Å². The Labute approximate surface area is 78.6 Å². The van der Waals surface area contributed by atoms with Crippen molar-refractivity contribution in [2.75, 3.05) is 0 Å². The fourth-order valence-corrected chi connectivity index (χ4v) is 0.909. The van der Waals surface area contributed by atoms with Crippen molar-refractivity contribution in [1.82, 2.24) is 0 Å². The number of hydrogen-bond donors (Lipinski definition) is 0. The van der Waals surface area contributed by atoms with Crippen molar-refractivity contribution in [2.24, 2.45) is 0 Å². The Kier molecular flexibility index (Phi) is 4.97. The highest BCUT2D eigenvalue weighted by Gasteiger charge is 2.05. The summed E-state index contributed by atoms with van der Waals surface area (Å²) in [5.41, 5.74) is 1.07.